The SMILES string of the molecule is CCCCCCCCOc1ccc(-c2ccc(-c3ccc(CCCCC)c(F)c3F)cc2)cc1. The van der Waals surface area contributed by atoms with Gasteiger partial charge in [0.05, 0.1) is 6.61 Å². The minimum atomic E-state index is -0.756. The predicted molar refractivity (Wildman–Crippen MR) is 139 cm³/mol. The minimum absolute atomic E-state index is 0.307. The first-order valence-electron chi connectivity index (χ1n) is 12.9. The standard InChI is InChI=1S/C31H38F2O/c1-3-5-7-8-9-11-23-34-28-20-17-25(18-21-28)24-13-15-26(16-14-24)29-22-19-27(12-10-6-4-2)30(32)31(29)33/h13-22H,3-12,23H2,1-2H3. The average molecular weight is 465 g/mol. The van der Waals surface area contributed by atoms with Crippen LogP contribution in [-0.4, -0.2) is 6.61 Å². The Kier molecular flexibility index (Phi) is 10.6. The van der Waals surface area contributed by atoms with Gasteiger partial charge >= 0.3 is 0 Å². The van der Waals surface area contributed by atoms with Crippen molar-refractivity contribution in [3.8, 4) is 28.0 Å². The van der Waals surface area contributed by atoms with Crippen molar-refractivity contribution in [2.45, 2.75) is 78.1 Å². The molecule has 3 aromatic carbocycles. The first kappa shape index (κ1) is 25.9. The highest BCUT2D eigenvalue weighted by Crippen LogP contribution is 2.30. The third-order valence-electron chi connectivity index (χ3n) is 6.36. The first-order chi connectivity index (χ1) is 16.6. The van der Waals surface area contributed by atoms with E-state index in [9.17, 15) is 8.78 Å². The molecule has 0 aromatic heterocycles. The van der Waals surface area contributed by atoms with E-state index in [1.807, 2.05) is 48.5 Å². The molecule has 0 amide bonds. The van der Waals surface area contributed by atoms with E-state index < -0.39 is 11.6 Å². The zero-order valence-corrected chi connectivity index (χ0v) is 20.7. The number of benzene rings is 3. The predicted octanol–water partition coefficient (Wildman–Crippen LogP) is 9.77. The summed E-state index contributed by atoms with van der Waals surface area (Å²) in [5.74, 6) is -0.589. The van der Waals surface area contributed by atoms with Crippen LogP contribution in [0.25, 0.3) is 22.3 Å². The van der Waals surface area contributed by atoms with Gasteiger partial charge in [-0.05, 0) is 53.6 Å². The van der Waals surface area contributed by atoms with E-state index in [2.05, 4.69) is 13.8 Å². The van der Waals surface area contributed by atoms with Crippen molar-refractivity contribution in [2.75, 3.05) is 6.61 Å². The summed E-state index contributed by atoms with van der Waals surface area (Å²) < 4.78 is 35.2. The van der Waals surface area contributed by atoms with E-state index in [0.717, 1.165) is 49.2 Å². The number of rotatable bonds is 14. The maximum absolute atomic E-state index is 14.7. The van der Waals surface area contributed by atoms with E-state index in [1.165, 1.54) is 32.1 Å². The number of halogens is 2. The Bertz CT molecular complexity index is 993. The summed E-state index contributed by atoms with van der Waals surface area (Å²) in [4.78, 5) is 0. The summed E-state index contributed by atoms with van der Waals surface area (Å²) in [6.45, 7) is 5.08. The normalized spacial score (nSPS) is 11.1. The van der Waals surface area contributed by atoms with E-state index in [-0.39, 0.29) is 0 Å². The Morgan fingerprint density at radius 3 is 1.79 bits per heavy atom. The molecule has 1 nitrogen and oxygen atoms in total. The van der Waals surface area contributed by atoms with Gasteiger partial charge in [0, 0.05) is 5.56 Å². The van der Waals surface area contributed by atoms with Crippen molar-refractivity contribution < 1.29 is 13.5 Å². The maximum atomic E-state index is 14.7. The second-order valence-electron chi connectivity index (χ2n) is 9.08. The van der Waals surface area contributed by atoms with Gasteiger partial charge in [-0.25, -0.2) is 8.78 Å². The molecule has 34 heavy (non-hydrogen) atoms. The van der Waals surface area contributed by atoms with Crippen molar-refractivity contribution in [3.05, 3.63) is 77.9 Å². The van der Waals surface area contributed by atoms with Crippen LogP contribution in [0.15, 0.2) is 60.7 Å². The van der Waals surface area contributed by atoms with Crippen LogP contribution in [0.2, 0.25) is 0 Å². The molecule has 0 radical (unpaired) electrons. The molecule has 0 aliphatic carbocycles. The number of hydrogen-bond acceptors (Lipinski definition) is 1. The van der Waals surface area contributed by atoms with Gasteiger partial charge in [-0.3, -0.25) is 0 Å². The Balaban J connectivity index is 1.57. The summed E-state index contributed by atoms with van der Waals surface area (Å²) in [5.41, 5.74) is 3.55. The van der Waals surface area contributed by atoms with Gasteiger partial charge in [0.2, 0.25) is 0 Å². The summed E-state index contributed by atoms with van der Waals surface area (Å²) in [5, 5.41) is 0. The van der Waals surface area contributed by atoms with Crippen molar-refractivity contribution in [3.63, 3.8) is 0 Å². The monoisotopic (exact) mass is 464 g/mol. The Morgan fingerprint density at radius 1 is 0.559 bits per heavy atom. The van der Waals surface area contributed by atoms with Crippen LogP contribution in [-0.2, 0) is 6.42 Å². The molecule has 0 aliphatic rings. The molecule has 0 saturated carbocycles. The summed E-state index contributed by atoms with van der Waals surface area (Å²) in [6.07, 6.45) is 11.0. The Labute approximate surface area is 204 Å². The quantitative estimate of drug-likeness (QED) is 0.216. The largest absolute Gasteiger partial charge is 0.494 e. The molecule has 0 N–H and O–H groups in total. The Morgan fingerprint density at radius 2 is 1.12 bits per heavy atom. The van der Waals surface area contributed by atoms with E-state index in [1.54, 1.807) is 12.1 Å². The summed E-state index contributed by atoms with van der Waals surface area (Å²) in [7, 11) is 0. The molecule has 0 heterocycles. The molecule has 0 bridgehead atoms. The van der Waals surface area contributed by atoms with Gasteiger partial charge in [-0.2, -0.15) is 0 Å². The second-order valence-corrected chi connectivity index (χ2v) is 9.08. The average Bonchev–Trinajstić information content (AvgIpc) is 2.87. The molecular formula is C31H38F2O. The topological polar surface area (TPSA) is 9.23 Å². The van der Waals surface area contributed by atoms with E-state index in [0.29, 0.717) is 23.1 Å². The van der Waals surface area contributed by atoms with Gasteiger partial charge in [-0.1, -0.05) is 107 Å². The molecule has 3 rings (SSSR count). The van der Waals surface area contributed by atoms with Crippen LogP contribution >= 0.6 is 0 Å². The number of ether oxygens (including phenoxy) is 1. The summed E-state index contributed by atoms with van der Waals surface area (Å²) >= 11 is 0. The number of hydrogen-bond donors (Lipinski definition) is 0. The van der Waals surface area contributed by atoms with Crippen molar-refractivity contribution >= 4 is 0 Å². The molecule has 0 saturated heterocycles. The lowest BCUT2D eigenvalue weighted by atomic mass is 9.97. The van der Waals surface area contributed by atoms with Gasteiger partial charge in [0.25, 0.3) is 0 Å². The Hall–Kier alpha value is -2.68. The van der Waals surface area contributed by atoms with Crippen LogP contribution < -0.4 is 4.74 Å². The highest BCUT2D eigenvalue weighted by atomic mass is 19.2. The van der Waals surface area contributed by atoms with Crippen molar-refractivity contribution in [1.29, 1.82) is 0 Å². The molecule has 182 valence electrons. The van der Waals surface area contributed by atoms with Gasteiger partial charge in [0.1, 0.15) is 5.75 Å². The number of unbranched alkanes of at least 4 members (excludes halogenated alkanes) is 7. The van der Waals surface area contributed by atoms with Crippen LogP contribution in [0, 0.1) is 11.6 Å². The van der Waals surface area contributed by atoms with Gasteiger partial charge < -0.3 is 4.74 Å². The van der Waals surface area contributed by atoms with Gasteiger partial charge in [-0.15, -0.1) is 0 Å². The fraction of sp³-hybridized carbons (Fsp3) is 0.419. The molecule has 3 aromatic rings. The lowest BCUT2D eigenvalue weighted by molar-refractivity contribution is 0.304. The fourth-order valence-corrected chi connectivity index (χ4v) is 4.23. The zero-order chi connectivity index (χ0) is 24.2. The van der Waals surface area contributed by atoms with Crippen molar-refractivity contribution in [2.24, 2.45) is 0 Å². The fourth-order valence-electron chi connectivity index (χ4n) is 4.23. The third kappa shape index (κ3) is 7.41. The third-order valence-corrected chi connectivity index (χ3v) is 6.36. The van der Waals surface area contributed by atoms with Crippen molar-refractivity contribution in [1.82, 2.24) is 0 Å². The molecule has 3 heteroatoms. The first-order valence-corrected chi connectivity index (χ1v) is 12.9. The lowest BCUT2D eigenvalue weighted by Crippen LogP contribution is -1.98. The summed E-state index contributed by atoms with van der Waals surface area (Å²) in [6, 6.07) is 19.1. The molecule has 0 unspecified atom stereocenters. The van der Waals surface area contributed by atoms with Crippen LogP contribution in [0.3, 0.4) is 0 Å². The van der Waals surface area contributed by atoms with Crippen LogP contribution in [0.5, 0.6) is 5.75 Å². The smallest absolute Gasteiger partial charge is 0.166 e. The van der Waals surface area contributed by atoms with Crippen LogP contribution in [0.1, 0.15) is 77.2 Å². The molecule has 0 aliphatic heterocycles. The lowest BCUT2D eigenvalue weighted by Gasteiger charge is -2.10. The van der Waals surface area contributed by atoms with E-state index >= 15 is 0 Å². The minimum Gasteiger partial charge on any atom is -0.494 e. The molecular weight excluding hydrogens is 426 g/mol. The second kappa shape index (κ2) is 13.9. The molecule has 0 spiro atoms. The zero-order valence-electron chi connectivity index (χ0n) is 20.7. The van der Waals surface area contributed by atoms with Crippen LogP contribution in [0.4, 0.5) is 8.78 Å². The number of aryl methyl sites for hydroxylation is 1. The highest BCUT2D eigenvalue weighted by molar-refractivity contribution is 5.71. The molecule has 0 fully saturated rings. The maximum Gasteiger partial charge on any atom is 0.166 e. The van der Waals surface area contributed by atoms with Gasteiger partial charge in [0.15, 0.2) is 11.6 Å². The highest BCUT2D eigenvalue weighted by Gasteiger charge is 2.14. The van der Waals surface area contributed by atoms with E-state index in [4.69, 9.17) is 4.74 Å². The molecule has 0 atom stereocenters.